The zero-order chi connectivity index (χ0) is 18.7. The molecule has 1 N–H and O–H groups in total. The van der Waals surface area contributed by atoms with Crippen LogP contribution in [-0.4, -0.2) is 37.0 Å². The summed E-state index contributed by atoms with van der Waals surface area (Å²) in [6.45, 7) is 0.603. The summed E-state index contributed by atoms with van der Waals surface area (Å²) in [4.78, 5) is 0.160. The predicted molar refractivity (Wildman–Crippen MR) is 96.7 cm³/mol. The molecule has 0 unspecified atom stereocenters. The van der Waals surface area contributed by atoms with Gasteiger partial charge >= 0.3 is 0 Å². The molecule has 1 fully saturated rings. The number of sulfonamides is 1. The summed E-state index contributed by atoms with van der Waals surface area (Å²) in [5.74, 6) is 0.706. The van der Waals surface area contributed by atoms with Gasteiger partial charge in [-0.05, 0) is 49.2 Å². The molecule has 1 heterocycles. The van der Waals surface area contributed by atoms with Crippen molar-refractivity contribution in [1.29, 1.82) is 5.26 Å². The molecular weight excluding hydrogens is 376 g/mol. The van der Waals surface area contributed by atoms with Crippen LogP contribution in [-0.2, 0) is 10.0 Å². The number of benzene rings is 2. The fourth-order valence-electron chi connectivity index (χ4n) is 2.74. The molecule has 0 aliphatic carbocycles. The van der Waals surface area contributed by atoms with Crippen molar-refractivity contribution in [3.8, 4) is 17.6 Å². The van der Waals surface area contributed by atoms with Gasteiger partial charge in [-0.3, -0.25) is 0 Å². The van der Waals surface area contributed by atoms with Crippen LogP contribution in [0.4, 0.5) is 0 Å². The molecule has 0 saturated carbocycles. The molecule has 2 aromatic rings. The monoisotopic (exact) mass is 392 g/mol. The topological polar surface area (TPSA) is 90.6 Å². The largest absolute Gasteiger partial charge is 0.456 e. The van der Waals surface area contributed by atoms with Crippen LogP contribution in [0.3, 0.4) is 0 Å². The number of nitriles is 1. The molecule has 1 aliphatic rings. The smallest absolute Gasteiger partial charge is 0.243 e. The maximum Gasteiger partial charge on any atom is 0.243 e. The number of halogens is 1. The number of aliphatic hydroxyl groups is 1. The third-order valence-electron chi connectivity index (χ3n) is 4.20. The van der Waals surface area contributed by atoms with Gasteiger partial charge in [-0.2, -0.15) is 9.57 Å². The SMILES string of the molecule is N#Cc1c(Cl)cccc1Oc1ccc(S(=O)(=O)N2CCC(O)CC2)cc1. The molecule has 0 radical (unpaired) electrons. The Bertz CT molecular complexity index is 931. The second-order valence-electron chi connectivity index (χ2n) is 5.93. The van der Waals surface area contributed by atoms with E-state index >= 15 is 0 Å². The third kappa shape index (κ3) is 3.84. The Morgan fingerprint density at radius 3 is 2.42 bits per heavy atom. The van der Waals surface area contributed by atoms with E-state index in [2.05, 4.69) is 0 Å². The minimum absolute atomic E-state index is 0.160. The minimum Gasteiger partial charge on any atom is -0.456 e. The van der Waals surface area contributed by atoms with Crippen LogP contribution in [0, 0.1) is 11.3 Å². The summed E-state index contributed by atoms with van der Waals surface area (Å²) in [5.41, 5.74) is 0.220. The lowest BCUT2D eigenvalue weighted by Gasteiger charge is -2.28. The number of aliphatic hydroxyl groups excluding tert-OH is 1. The summed E-state index contributed by atoms with van der Waals surface area (Å²) in [6.07, 6.45) is 0.433. The Morgan fingerprint density at radius 2 is 1.81 bits per heavy atom. The average molecular weight is 393 g/mol. The van der Waals surface area contributed by atoms with E-state index in [1.54, 1.807) is 18.2 Å². The number of ether oxygens (including phenoxy) is 1. The Kier molecular flexibility index (Phi) is 5.49. The van der Waals surface area contributed by atoms with Gasteiger partial charge in [0.05, 0.1) is 16.0 Å². The number of rotatable bonds is 4. The Morgan fingerprint density at radius 1 is 1.15 bits per heavy atom. The molecule has 3 rings (SSSR count). The van der Waals surface area contributed by atoms with E-state index in [-0.39, 0.29) is 15.5 Å². The molecule has 1 saturated heterocycles. The van der Waals surface area contributed by atoms with E-state index in [0.717, 1.165) is 0 Å². The van der Waals surface area contributed by atoms with E-state index in [1.165, 1.54) is 28.6 Å². The standard InChI is InChI=1S/C18H17ClN2O4S/c19-17-2-1-3-18(16(17)12-20)25-14-4-6-15(7-5-14)26(23,24)21-10-8-13(22)9-11-21/h1-7,13,22H,8-11H2. The van der Waals surface area contributed by atoms with E-state index in [1.807, 2.05) is 6.07 Å². The molecule has 136 valence electrons. The van der Waals surface area contributed by atoms with E-state index in [4.69, 9.17) is 16.3 Å². The molecule has 0 atom stereocenters. The zero-order valence-electron chi connectivity index (χ0n) is 13.8. The highest BCUT2D eigenvalue weighted by Crippen LogP contribution is 2.30. The van der Waals surface area contributed by atoms with Gasteiger partial charge in [0.25, 0.3) is 0 Å². The second kappa shape index (κ2) is 7.64. The van der Waals surface area contributed by atoms with Crippen LogP contribution in [0.15, 0.2) is 47.4 Å². The first-order valence-corrected chi connectivity index (χ1v) is 9.88. The number of nitrogens with zero attached hydrogens (tertiary/aromatic N) is 2. The van der Waals surface area contributed by atoms with Gasteiger partial charge in [0, 0.05) is 13.1 Å². The van der Waals surface area contributed by atoms with Crippen molar-refractivity contribution >= 4 is 21.6 Å². The van der Waals surface area contributed by atoms with Crippen LogP contribution in [0.2, 0.25) is 5.02 Å². The molecular formula is C18H17ClN2O4S. The average Bonchev–Trinajstić information content (AvgIpc) is 2.63. The summed E-state index contributed by atoms with van der Waals surface area (Å²) in [5, 5.41) is 19.0. The zero-order valence-corrected chi connectivity index (χ0v) is 15.4. The maximum absolute atomic E-state index is 12.7. The van der Waals surface area contributed by atoms with Gasteiger partial charge in [0.1, 0.15) is 23.1 Å². The van der Waals surface area contributed by atoms with Crippen molar-refractivity contribution in [2.45, 2.75) is 23.8 Å². The normalized spacial score (nSPS) is 16.2. The fourth-order valence-corrected chi connectivity index (χ4v) is 4.41. The van der Waals surface area contributed by atoms with Crippen molar-refractivity contribution in [2.75, 3.05) is 13.1 Å². The van der Waals surface area contributed by atoms with E-state index in [0.29, 0.717) is 37.4 Å². The van der Waals surface area contributed by atoms with Crippen molar-refractivity contribution in [3.63, 3.8) is 0 Å². The first kappa shape index (κ1) is 18.7. The third-order valence-corrected chi connectivity index (χ3v) is 6.43. The first-order chi connectivity index (χ1) is 12.4. The molecule has 0 bridgehead atoms. The van der Waals surface area contributed by atoms with Gasteiger partial charge in [-0.1, -0.05) is 17.7 Å². The van der Waals surface area contributed by atoms with Gasteiger partial charge in [0.15, 0.2) is 0 Å². The van der Waals surface area contributed by atoms with E-state index in [9.17, 15) is 18.8 Å². The van der Waals surface area contributed by atoms with E-state index < -0.39 is 16.1 Å². The molecule has 0 amide bonds. The van der Waals surface area contributed by atoms with Crippen LogP contribution in [0.1, 0.15) is 18.4 Å². The highest BCUT2D eigenvalue weighted by Gasteiger charge is 2.28. The molecule has 26 heavy (non-hydrogen) atoms. The molecule has 6 nitrogen and oxygen atoms in total. The van der Waals surface area contributed by atoms with Crippen molar-refractivity contribution < 1.29 is 18.3 Å². The van der Waals surface area contributed by atoms with Gasteiger partial charge in [0.2, 0.25) is 10.0 Å². The van der Waals surface area contributed by atoms with Crippen LogP contribution in [0.25, 0.3) is 0 Å². The van der Waals surface area contributed by atoms with Crippen molar-refractivity contribution in [3.05, 3.63) is 53.1 Å². The van der Waals surface area contributed by atoms with Crippen LogP contribution < -0.4 is 4.74 Å². The van der Waals surface area contributed by atoms with Gasteiger partial charge < -0.3 is 9.84 Å². The van der Waals surface area contributed by atoms with Crippen LogP contribution in [0.5, 0.6) is 11.5 Å². The molecule has 1 aliphatic heterocycles. The summed E-state index contributed by atoms with van der Waals surface area (Å²) in [7, 11) is -3.60. The van der Waals surface area contributed by atoms with Crippen LogP contribution >= 0.6 is 11.6 Å². The highest BCUT2D eigenvalue weighted by molar-refractivity contribution is 7.89. The number of hydrogen-bond acceptors (Lipinski definition) is 5. The Balaban J connectivity index is 1.79. The number of hydrogen-bond donors (Lipinski definition) is 1. The fraction of sp³-hybridized carbons (Fsp3) is 0.278. The lowest BCUT2D eigenvalue weighted by Crippen LogP contribution is -2.39. The lowest BCUT2D eigenvalue weighted by molar-refractivity contribution is 0.113. The summed E-state index contributed by atoms with van der Waals surface area (Å²) in [6, 6.07) is 12.9. The van der Waals surface area contributed by atoms with Crippen molar-refractivity contribution in [1.82, 2.24) is 4.31 Å². The summed E-state index contributed by atoms with van der Waals surface area (Å²) >= 11 is 5.97. The highest BCUT2D eigenvalue weighted by atomic mass is 35.5. The molecule has 0 aromatic heterocycles. The van der Waals surface area contributed by atoms with Gasteiger partial charge in [-0.15, -0.1) is 0 Å². The minimum atomic E-state index is -3.60. The first-order valence-electron chi connectivity index (χ1n) is 8.06. The quantitative estimate of drug-likeness (QED) is 0.863. The predicted octanol–water partition coefficient (Wildman–Crippen LogP) is 3.15. The molecule has 0 spiro atoms. The summed E-state index contributed by atoms with van der Waals surface area (Å²) < 4.78 is 32.3. The lowest BCUT2D eigenvalue weighted by atomic mass is 10.1. The Hall–Kier alpha value is -2.11. The number of piperidine rings is 1. The molecule has 8 heteroatoms. The van der Waals surface area contributed by atoms with Crippen molar-refractivity contribution in [2.24, 2.45) is 0 Å². The maximum atomic E-state index is 12.7. The molecule has 2 aromatic carbocycles. The Labute approximate surface area is 157 Å². The van der Waals surface area contributed by atoms with Gasteiger partial charge in [-0.25, -0.2) is 8.42 Å². The second-order valence-corrected chi connectivity index (χ2v) is 8.28.